The molecule has 0 saturated heterocycles. The Morgan fingerprint density at radius 3 is 2.50 bits per heavy atom. The maximum Gasteiger partial charge on any atom is 0.274 e. The van der Waals surface area contributed by atoms with Crippen LogP contribution in [0.1, 0.15) is 37.4 Å². The first-order chi connectivity index (χ1) is 12.4. The molecule has 3 rings (SSSR count). The van der Waals surface area contributed by atoms with Crippen LogP contribution in [0.5, 0.6) is 0 Å². The summed E-state index contributed by atoms with van der Waals surface area (Å²) in [6, 6.07) is 13.9. The van der Waals surface area contributed by atoms with Gasteiger partial charge >= 0.3 is 0 Å². The highest BCUT2D eigenvalue weighted by Gasteiger charge is 2.21. The number of hydrogen-bond donors (Lipinski definition) is 1. The van der Waals surface area contributed by atoms with Gasteiger partial charge in [0.1, 0.15) is 6.04 Å². The quantitative estimate of drug-likeness (QED) is 0.524. The first kappa shape index (κ1) is 18.0. The van der Waals surface area contributed by atoms with Gasteiger partial charge in [-0.05, 0) is 38.1 Å². The minimum atomic E-state index is -0.447. The summed E-state index contributed by atoms with van der Waals surface area (Å²) in [5, 5.41) is 21.7. The summed E-state index contributed by atoms with van der Waals surface area (Å²) in [5.41, 5.74) is 1.77. The van der Waals surface area contributed by atoms with E-state index in [-0.39, 0.29) is 17.8 Å². The van der Waals surface area contributed by atoms with E-state index >= 15 is 0 Å². The summed E-state index contributed by atoms with van der Waals surface area (Å²) in [7, 11) is 0. The molecular formula is C18H18ClN4O3+. The zero-order chi connectivity index (χ0) is 18.7. The molecule has 7 nitrogen and oxygen atoms in total. The molecule has 2 atom stereocenters. The van der Waals surface area contributed by atoms with Crippen molar-refractivity contribution in [1.82, 2.24) is 10.2 Å². The van der Waals surface area contributed by atoms with Gasteiger partial charge in [-0.2, -0.15) is 0 Å². The number of benzene rings is 2. The van der Waals surface area contributed by atoms with Crippen LogP contribution in [0.25, 0.3) is 11.5 Å². The van der Waals surface area contributed by atoms with Gasteiger partial charge in [-0.25, -0.2) is 0 Å². The molecule has 0 unspecified atom stereocenters. The van der Waals surface area contributed by atoms with E-state index in [1.54, 1.807) is 12.1 Å². The molecule has 1 heterocycles. The van der Waals surface area contributed by atoms with Gasteiger partial charge < -0.3 is 9.73 Å². The van der Waals surface area contributed by atoms with Crippen LogP contribution in [0.4, 0.5) is 5.69 Å². The van der Waals surface area contributed by atoms with E-state index in [1.165, 1.54) is 12.1 Å². The minimum absolute atomic E-state index is 0.0190. The number of nitrogens with two attached hydrogens (primary N) is 1. The van der Waals surface area contributed by atoms with Crippen molar-refractivity contribution in [3.05, 3.63) is 75.1 Å². The monoisotopic (exact) mass is 373 g/mol. The molecule has 2 N–H and O–H groups in total. The Bertz CT molecular complexity index is 911. The highest BCUT2D eigenvalue weighted by atomic mass is 35.5. The minimum Gasteiger partial charge on any atom is -0.415 e. The summed E-state index contributed by atoms with van der Waals surface area (Å²) in [6.45, 7) is 4.06. The lowest BCUT2D eigenvalue weighted by molar-refractivity contribution is -0.730. The van der Waals surface area contributed by atoms with Crippen molar-refractivity contribution in [3.63, 3.8) is 0 Å². The molecule has 8 heteroatoms. The SMILES string of the molecule is C[C@@H]([NH2+][C@H](C)c1nnc(-c2ccc([N+](=O)[O-])cc2)o1)c1cccc(Cl)c1. The van der Waals surface area contributed by atoms with Gasteiger partial charge in [-0.15, -0.1) is 10.2 Å². The molecule has 0 aliphatic rings. The van der Waals surface area contributed by atoms with E-state index in [2.05, 4.69) is 22.4 Å². The molecule has 1 aromatic heterocycles. The van der Waals surface area contributed by atoms with Gasteiger partial charge in [0.25, 0.3) is 11.6 Å². The summed E-state index contributed by atoms with van der Waals surface area (Å²) in [5.74, 6) is 0.831. The number of rotatable bonds is 6. The van der Waals surface area contributed by atoms with Crippen molar-refractivity contribution in [2.75, 3.05) is 0 Å². The van der Waals surface area contributed by atoms with Crippen LogP contribution in [0, 0.1) is 10.1 Å². The molecule has 0 aliphatic heterocycles. The highest BCUT2D eigenvalue weighted by molar-refractivity contribution is 6.30. The maximum atomic E-state index is 10.7. The van der Waals surface area contributed by atoms with Crippen molar-refractivity contribution in [2.45, 2.75) is 25.9 Å². The Hall–Kier alpha value is -2.77. The van der Waals surface area contributed by atoms with E-state index in [0.29, 0.717) is 22.4 Å². The highest BCUT2D eigenvalue weighted by Crippen LogP contribution is 2.23. The van der Waals surface area contributed by atoms with Crippen molar-refractivity contribution < 1.29 is 14.7 Å². The van der Waals surface area contributed by atoms with E-state index in [1.807, 2.05) is 31.2 Å². The second kappa shape index (κ2) is 7.63. The summed E-state index contributed by atoms with van der Waals surface area (Å²) in [6.07, 6.45) is 0. The first-order valence-electron chi connectivity index (χ1n) is 8.12. The molecule has 0 amide bonds. The number of nitrogens with zero attached hydrogens (tertiary/aromatic N) is 3. The zero-order valence-electron chi connectivity index (χ0n) is 14.3. The number of aromatic nitrogens is 2. The second-order valence-electron chi connectivity index (χ2n) is 6.07. The van der Waals surface area contributed by atoms with Gasteiger partial charge in [0.15, 0.2) is 6.04 Å². The lowest BCUT2D eigenvalue weighted by atomic mass is 10.1. The molecule has 3 aromatic rings. The van der Waals surface area contributed by atoms with Crippen LogP contribution in [0.3, 0.4) is 0 Å². The van der Waals surface area contributed by atoms with Crippen molar-refractivity contribution in [1.29, 1.82) is 0 Å². The average Bonchev–Trinajstić information content (AvgIpc) is 3.12. The Morgan fingerprint density at radius 2 is 1.85 bits per heavy atom. The smallest absolute Gasteiger partial charge is 0.274 e. The van der Waals surface area contributed by atoms with Crippen LogP contribution < -0.4 is 5.32 Å². The van der Waals surface area contributed by atoms with Gasteiger partial charge in [-0.3, -0.25) is 10.1 Å². The van der Waals surface area contributed by atoms with Crippen molar-refractivity contribution in [2.24, 2.45) is 0 Å². The van der Waals surface area contributed by atoms with Crippen LogP contribution in [-0.2, 0) is 0 Å². The van der Waals surface area contributed by atoms with Crippen LogP contribution in [0.15, 0.2) is 52.9 Å². The number of nitro benzene ring substituents is 1. The lowest BCUT2D eigenvalue weighted by Crippen LogP contribution is -2.85. The molecule has 134 valence electrons. The van der Waals surface area contributed by atoms with E-state index < -0.39 is 4.92 Å². The van der Waals surface area contributed by atoms with Crippen LogP contribution >= 0.6 is 11.6 Å². The van der Waals surface area contributed by atoms with Crippen molar-refractivity contribution >= 4 is 17.3 Å². The van der Waals surface area contributed by atoms with Crippen molar-refractivity contribution in [3.8, 4) is 11.5 Å². The second-order valence-corrected chi connectivity index (χ2v) is 6.51. The molecule has 0 aliphatic carbocycles. The number of hydrogen-bond acceptors (Lipinski definition) is 5. The van der Waals surface area contributed by atoms with Gasteiger partial charge in [0.05, 0.1) is 4.92 Å². The third-order valence-electron chi connectivity index (χ3n) is 4.11. The Labute approximate surface area is 155 Å². The number of nitro groups is 1. The predicted molar refractivity (Wildman–Crippen MR) is 96.6 cm³/mol. The fourth-order valence-electron chi connectivity index (χ4n) is 2.68. The van der Waals surface area contributed by atoms with Gasteiger partial charge in [-0.1, -0.05) is 23.7 Å². The number of halogens is 1. The average molecular weight is 374 g/mol. The molecular weight excluding hydrogens is 356 g/mol. The van der Waals surface area contributed by atoms with Crippen LogP contribution in [-0.4, -0.2) is 15.1 Å². The lowest BCUT2D eigenvalue weighted by Gasteiger charge is -2.14. The standard InChI is InChI=1S/C18H17ClN4O3/c1-11(14-4-3-5-15(19)10-14)20-12(2)17-21-22-18(26-17)13-6-8-16(9-7-13)23(24)25/h3-12,20H,1-2H3/p+1/t11-,12-/m1/s1. The Kier molecular flexibility index (Phi) is 5.29. The van der Waals surface area contributed by atoms with Crippen LogP contribution in [0.2, 0.25) is 5.02 Å². The molecule has 26 heavy (non-hydrogen) atoms. The predicted octanol–water partition coefficient (Wildman–Crippen LogP) is 3.68. The Balaban J connectivity index is 1.71. The molecule has 0 bridgehead atoms. The first-order valence-corrected chi connectivity index (χ1v) is 8.50. The van der Waals surface area contributed by atoms with E-state index in [0.717, 1.165) is 5.56 Å². The molecule has 0 saturated carbocycles. The van der Waals surface area contributed by atoms with E-state index in [9.17, 15) is 10.1 Å². The number of non-ortho nitro benzene ring substituents is 1. The zero-order valence-corrected chi connectivity index (χ0v) is 15.1. The summed E-state index contributed by atoms with van der Waals surface area (Å²) >= 11 is 6.05. The molecule has 0 spiro atoms. The topological polar surface area (TPSA) is 98.7 Å². The Morgan fingerprint density at radius 1 is 1.12 bits per heavy atom. The molecule has 0 fully saturated rings. The van der Waals surface area contributed by atoms with Gasteiger partial charge in [0, 0.05) is 28.3 Å². The molecule has 0 radical (unpaired) electrons. The van der Waals surface area contributed by atoms with Gasteiger partial charge in [0.2, 0.25) is 5.89 Å². The summed E-state index contributed by atoms with van der Waals surface area (Å²) in [4.78, 5) is 10.3. The van der Waals surface area contributed by atoms with E-state index in [4.69, 9.17) is 16.0 Å². The third kappa shape index (κ3) is 4.07. The largest absolute Gasteiger partial charge is 0.415 e. The molecule has 2 aromatic carbocycles. The fourth-order valence-corrected chi connectivity index (χ4v) is 2.88. The summed E-state index contributed by atoms with van der Waals surface area (Å²) < 4.78 is 5.74. The number of quaternary nitrogens is 1. The normalized spacial score (nSPS) is 13.3. The third-order valence-corrected chi connectivity index (χ3v) is 4.34. The fraction of sp³-hybridized carbons (Fsp3) is 0.222. The maximum absolute atomic E-state index is 10.7.